The van der Waals surface area contributed by atoms with Crippen LogP contribution in [0.4, 0.5) is 0 Å². The van der Waals surface area contributed by atoms with Gasteiger partial charge in [0.1, 0.15) is 5.76 Å². The molecule has 1 saturated carbocycles. The molecular weight excluding hydrogens is 226 g/mol. The summed E-state index contributed by atoms with van der Waals surface area (Å²) in [6, 6.07) is 0. The Kier molecular flexibility index (Phi) is 4.88. The highest BCUT2D eigenvalue weighted by atomic mass is 16.3. The Labute approximate surface area is 109 Å². The number of hydrogen-bond acceptors (Lipinski definition) is 3. The summed E-state index contributed by atoms with van der Waals surface area (Å²) in [5.41, 5.74) is 1.12. The molecule has 1 fully saturated rings. The summed E-state index contributed by atoms with van der Waals surface area (Å²) in [7, 11) is 0. The van der Waals surface area contributed by atoms with Crippen LogP contribution in [0.2, 0.25) is 0 Å². The molecule has 0 aromatic carbocycles. The Hall–Kier alpha value is -1.38. The van der Waals surface area contributed by atoms with Crippen LogP contribution in [0.1, 0.15) is 46.5 Å². The molecule has 0 spiro atoms. The Morgan fingerprint density at radius 2 is 2.17 bits per heavy atom. The van der Waals surface area contributed by atoms with Gasteiger partial charge in [-0.2, -0.15) is 0 Å². The summed E-state index contributed by atoms with van der Waals surface area (Å²) in [6.07, 6.45) is 4.27. The zero-order chi connectivity index (χ0) is 13.8. The van der Waals surface area contributed by atoms with Crippen LogP contribution < -0.4 is 0 Å². The van der Waals surface area contributed by atoms with Crippen molar-refractivity contribution in [3.05, 3.63) is 24.0 Å². The van der Waals surface area contributed by atoms with E-state index in [9.17, 15) is 9.90 Å². The molecule has 3 heteroatoms. The zero-order valence-corrected chi connectivity index (χ0v) is 11.6. The second-order valence-electron chi connectivity index (χ2n) is 5.59. The van der Waals surface area contributed by atoms with E-state index in [1.165, 1.54) is 0 Å². The summed E-state index contributed by atoms with van der Waals surface area (Å²) in [5.74, 6) is 0.209. The first-order valence-corrected chi connectivity index (χ1v) is 6.51. The van der Waals surface area contributed by atoms with Crippen LogP contribution in [0, 0.1) is 5.41 Å². The second-order valence-corrected chi connectivity index (χ2v) is 5.59. The normalized spacial score (nSPS) is 24.2. The lowest BCUT2D eigenvalue weighted by Gasteiger charge is -2.31. The van der Waals surface area contributed by atoms with E-state index in [1.807, 2.05) is 6.92 Å². The molecule has 1 N–H and O–H groups in total. The number of allylic oxidation sites excluding steroid dienone is 2. The maximum absolute atomic E-state index is 12.2. The number of aliphatic hydroxyl groups is 1. The van der Waals surface area contributed by atoms with E-state index >= 15 is 0 Å². The van der Waals surface area contributed by atoms with E-state index in [4.69, 9.17) is 0 Å². The van der Waals surface area contributed by atoms with Crippen LogP contribution in [0.25, 0.3) is 0 Å². The van der Waals surface area contributed by atoms with Crippen molar-refractivity contribution in [1.29, 1.82) is 0 Å². The molecule has 0 amide bonds. The molecule has 1 rings (SSSR count). The molecule has 0 heterocycles. The number of aliphatic hydroxyl groups excluding tert-OH is 1. The minimum Gasteiger partial charge on any atom is -0.511 e. The molecule has 0 aromatic heterocycles. The van der Waals surface area contributed by atoms with Gasteiger partial charge in [0, 0.05) is 18.6 Å². The fraction of sp³-hybridized carbons (Fsp3) is 0.600. The number of ketones is 1. The van der Waals surface area contributed by atoms with E-state index in [2.05, 4.69) is 25.4 Å². The quantitative estimate of drug-likeness (QED) is 0.470. The highest BCUT2D eigenvalue weighted by molar-refractivity contribution is 6.24. The molecule has 3 nitrogen and oxygen atoms in total. The van der Waals surface area contributed by atoms with Crippen molar-refractivity contribution in [2.24, 2.45) is 10.4 Å². The third-order valence-corrected chi connectivity index (χ3v) is 3.04. The van der Waals surface area contributed by atoms with Gasteiger partial charge in [0.2, 0.25) is 0 Å². The highest BCUT2D eigenvalue weighted by Gasteiger charge is 2.35. The first-order chi connectivity index (χ1) is 8.41. The van der Waals surface area contributed by atoms with Gasteiger partial charge in [-0.3, -0.25) is 9.79 Å². The second kappa shape index (κ2) is 5.98. The fourth-order valence-electron chi connectivity index (χ4n) is 2.29. The average Bonchev–Trinajstić information content (AvgIpc) is 2.24. The van der Waals surface area contributed by atoms with Gasteiger partial charge >= 0.3 is 0 Å². The summed E-state index contributed by atoms with van der Waals surface area (Å²) in [5, 5.41) is 10.0. The lowest BCUT2D eigenvalue weighted by Crippen LogP contribution is -2.32. The van der Waals surface area contributed by atoms with E-state index in [1.54, 1.807) is 6.08 Å². The molecular formula is C15H23NO2. The lowest BCUT2D eigenvalue weighted by atomic mass is 9.73. The van der Waals surface area contributed by atoms with Crippen molar-refractivity contribution in [3.63, 3.8) is 0 Å². The molecule has 0 bridgehead atoms. The van der Waals surface area contributed by atoms with Crippen LogP contribution in [0.15, 0.2) is 29.0 Å². The first-order valence-electron chi connectivity index (χ1n) is 6.51. The molecule has 0 unspecified atom stereocenters. The zero-order valence-electron chi connectivity index (χ0n) is 11.6. The van der Waals surface area contributed by atoms with Crippen LogP contribution in [0.5, 0.6) is 0 Å². The van der Waals surface area contributed by atoms with Crippen LogP contribution >= 0.6 is 0 Å². The molecule has 100 valence electrons. The Bertz CT molecular complexity index is 403. The summed E-state index contributed by atoms with van der Waals surface area (Å²) in [4.78, 5) is 16.6. The highest BCUT2D eigenvalue weighted by Crippen LogP contribution is 2.35. The number of Topliss-reactive ketones (excluding diaryl/α,β-unsaturated/α-hetero) is 1. The summed E-state index contributed by atoms with van der Waals surface area (Å²) < 4.78 is 0. The molecule has 0 aliphatic heterocycles. The first kappa shape index (κ1) is 14.7. The average molecular weight is 249 g/mol. The Balaban J connectivity index is 3.15. The maximum Gasteiger partial charge on any atom is 0.168 e. The predicted octanol–water partition coefficient (Wildman–Crippen LogP) is 3.61. The van der Waals surface area contributed by atoms with Gasteiger partial charge in [0.15, 0.2) is 5.78 Å². The van der Waals surface area contributed by atoms with Gasteiger partial charge < -0.3 is 5.11 Å². The van der Waals surface area contributed by atoms with Gasteiger partial charge in [-0.15, -0.1) is 6.58 Å². The number of hydrogen-bond donors (Lipinski definition) is 1. The maximum atomic E-state index is 12.2. The smallest absolute Gasteiger partial charge is 0.168 e. The topological polar surface area (TPSA) is 49.7 Å². The van der Waals surface area contributed by atoms with Crippen molar-refractivity contribution < 1.29 is 9.90 Å². The minimum atomic E-state index is -0.0763. The van der Waals surface area contributed by atoms with Gasteiger partial charge in [-0.25, -0.2) is 0 Å². The van der Waals surface area contributed by atoms with Crippen molar-refractivity contribution >= 4 is 11.5 Å². The molecule has 18 heavy (non-hydrogen) atoms. The largest absolute Gasteiger partial charge is 0.511 e. The SMILES string of the molecule is C=CCN=C1CC(C)(C)CC(=O)/C1=C(\O)CCC. The van der Waals surface area contributed by atoms with Gasteiger partial charge in [0.05, 0.1) is 12.1 Å². The fourth-order valence-corrected chi connectivity index (χ4v) is 2.29. The lowest BCUT2D eigenvalue weighted by molar-refractivity contribution is -0.117. The Morgan fingerprint density at radius 3 is 2.72 bits per heavy atom. The number of rotatable bonds is 4. The third kappa shape index (κ3) is 3.56. The van der Waals surface area contributed by atoms with Crippen LogP contribution in [-0.2, 0) is 4.79 Å². The standard InChI is InChI=1S/C15H23NO2/c1-5-7-12(17)14-11(16-8-6-2)9-15(3,4)10-13(14)18/h6,17H,2,5,7-10H2,1,3-4H3/b14-12-,16-11?. The molecule has 0 aromatic rings. The van der Waals surface area contributed by atoms with Gasteiger partial charge in [-0.05, 0) is 18.3 Å². The summed E-state index contributed by atoms with van der Waals surface area (Å²) >= 11 is 0. The van der Waals surface area contributed by atoms with Crippen molar-refractivity contribution in [1.82, 2.24) is 0 Å². The van der Waals surface area contributed by atoms with E-state index in [0.717, 1.165) is 18.6 Å². The van der Waals surface area contributed by atoms with Crippen molar-refractivity contribution in [2.75, 3.05) is 6.54 Å². The molecule has 0 atom stereocenters. The number of carbonyl (C=O) groups excluding carboxylic acids is 1. The molecule has 0 saturated heterocycles. The monoisotopic (exact) mass is 249 g/mol. The number of nitrogens with zero attached hydrogens (tertiary/aromatic N) is 1. The van der Waals surface area contributed by atoms with E-state index in [0.29, 0.717) is 25.0 Å². The van der Waals surface area contributed by atoms with Crippen LogP contribution in [-0.4, -0.2) is 23.1 Å². The Morgan fingerprint density at radius 1 is 1.50 bits per heavy atom. The minimum absolute atomic E-state index is 0.0139. The van der Waals surface area contributed by atoms with Crippen LogP contribution in [0.3, 0.4) is 0 Å². The van der Waals surface area contributed by atoms with Gasteiger partial charge in [0.25, 0.3) is 0 Å². The van der Waals surface area contributed by atoms with Gasteiger partial charge in [-0.1, -0.05) is 26.8 Å². The number of carbonyl (C=O) groups is 1. The summed E-state index contributed by atoms with van der Waals surface area (Å²) in [6.45, 7) is 10.2. The number of aliphatic imine (C=N–C) groups is 1. The molecule has 1 aliphatic rings. The van der Waals surface area contributed by atoms with E-state index < -0.39 is 0 Å². The van der Waals surface area contributed by atoms with Crippen molar-refractivity contribution in [3.8, 4) is 0 Å². The third-order valence-electron chi connectivity index (χ3n) is 3.04. The van der Waals surface area contributed by atoms with E-state index in [-0.39, 0.29) is 17.0 Å². The van der Waals surface area contributed by atoms with Crippen molar-refractivity contribution in [2.45, 2.75) is 46.5 Å². The molecule has 0 radical (unpaired) electrons. The molecule has 1 aliphatic carbocycles. The predicted molar refractivity (Wildman–Crippen MR) is 75.1 cm³/mol.